The van der Waals surface area contributed by atoms with E-state index in [1.54, 1.807) is 0 Å². The highest BCUT2D eigenvalue weighted by Gasteiger charge is 2.46. The average molecular weight is 254 g/mol. The minimum absolute atomic E-state index is 0.0251. The predicted octanol–water partition coefficient (Wildman–Crippen LogP) is 1.74. The van der Waals surface area contributed by atoms with Crippen molar-refractivity contribution in [3.05, 3.63) is 11.3 Å². The fourth-order valence-electron chi connectivity index (χ4n) is 1.61. The lowest BCUT2D eigenvalue weighted by Crippen LogP contribution is -2.34. The van der Waals surface area contributed by atoms with Crippen LogP contribution in [0.1, 0.15) is 20.3 Å². The molecule has 1 aliphatic rings. The van der Waals surface area contributed by atoms with Crippen molar-refractivity contribution in [1.82, 2.24) is 0 Å². The first-order chi connectivity index (χ1) is 7.77. The molecule has 2 atom stereocenters. The summed E-state index contributed by atoms with van der Waals surface area (Å²) in [4.78, 5) is 11.4. The number of aliphatic hydroxyl groups is 1. The molecule has 7 heteroatoms. The van der Waals surface area contributed by atoms with Crippen molar-refractivity contribution in [3.63, 3.8) is 0 Å². The van der Waals surface area contributed by atoms with Crippen LogP contribution in [0.2, 0.25) is 0 Å². The molecule has 0 aliphatic carbocycles. The largest absolute Gasteiger partial charge is 0.463 e. The monoisotopic (exact) mass is 254 g/mol. The highest BCUT2D eigenvalue weighted by atomic mass is 19.4. The number of hydrogen-bond donors (Lipinski definition) is 1. The Morgan fingerprint density at radius 3 is 2.65 bits per heavy atom. The van der Waals surface area contributed by atoms with E-state index in [0.717, 1.165) is 0 Å². The molecule has 4 nitrogen and oxygen atoms in total. The molecule has 0 fully saturated rings. The molecule has 1 rings (SSSR count). The van der Waals surface area contributed by atoms with E-state index in [9.17, 15) is 18.0 Å². The molecule has 0 aromatic rings. The Morgan fingerprint density at radius 1 is 1.59 bits per heavy atom. The van der Waals surface area contributed by atoms with E-state index in [4.69, 9.17) is 5.11 Å². The Labute approximate surface area is 96.0 Å². The summed E-state index contributed by atoms with van der Waals surface area (Å²) in [6, 6.07) is 0. The molecular formula is C10H13F3O4. The van der Waals surface area contributed by atoms with Gasteiger partial charge in [0.05, 0.1) is 12.2 Å². The molecule has 2 unspecified atom stereocenters. The number of rotatable bonds is 2. The van der Waals surface area contributed by atoms with Crippen LogP contribution in [0.15, 0.2) is 11.3 Å². The van der Waals surface area contributed by atoms with Gasteiger partial charge in [-0.15, -0.1) is 0 Å². The van der Waals surface area contributed by atoms with E-state index < -0.39 is 35.7 Å². The zero-order valence-electron chi connectivity index (χ0n) is 9.37. The molecule has 1 N–H and O–H groups in total. The SMILES string of the molecule is CCOC(=O)C1=C(C(F)(F)F)OC(O)CC1C. The van der Waals surface area contributed by atoms with E-state index in [0.29, 0.717) is 0 Å². The van der Waals surface area contributed by atoms with Crippen LogP contribution in [0.3, 0.4) is 0 Å². The average Bonchev–Trinajstić information content (AvgIpc) is 2.15. The topological polar surface area (TPSA) is 55.8 Å². The minimum atomic E-state index is -4.82. The van der Waals surface area contributed by atoms with E-state index in [2.05, 4.69) is 9.47 Å². The fraction of sp³-hybridized carbons (Fsp3) is 0.700. The zero-order chi connectivity index (χ0) is 13.2. The highest BCUT2D eigenvalue weighted by Crippen LogP contribution is 2.38. The smallest absolute Gasteiger partial charge is 0.449 e. The van der Waals surface area contributed by atoms with Gasteiger partial charge in [0.2, 0.25) is 5.76 Å². The second-order valence-electron chi connectivity index (χ2n) is 3.67. The van der Waals surface area contributed by atoms with Crippen LogP contribution >= 0.6 is 0 Å². The molecule has 0 radical (unpaired) electrons. The molecule has 0 saturated carbocycles. The Bertz CT molecular complexity index is 335. The van der Waals surface area contributed by atoms with Crippen molar-refractivity contribution in [2.24, 2.45) is 5.92 Å². The molecule has 1 aliphatic heterocycles. The number of alkyl halides is 3. The predicted molar refractivity (Wildman–Crippen MR) is 50.6 cm³/mol. The van der Waals surface area contributed by atoms with Gasteiger partial charge < -0.3 is 14.6 Å². The van der Waals surface area contributed by atoms with E-state index in [1.165, 1.54) is 13.8 Å². The number of hydrogen-bond acceptors (Lipinski definition) is 4. The summed E-state index contributed by atoms with van der Waals surface area (Å²) in [5.74, 6) is -3.28. The van der Waals surface area contributed by atoms with Gasteiger partial charge in [-0.25, -0.2) is 4.79 Å². The van der Waals surface area contributed by atoms with Crippen LogP contribution in [0.5, 0.6) is 0 Å². The standard InChI is InChI=1S/C10H13F3O4/c1-3-16-9(15)7-5(2)4-6(14)17-8(7)10(11,12)13/h5-6,14H,3-4H2,1-2H3. The fourth-order valence-corrected chi connectivity index (χ4v) is 1.61. The number of halogens is 3. The third kappa shape index (κ3) is 3.12. The number of carbonyl (C=O) groups excluding carboxylic acids is 1. The van der Waals surface area contributed by atoms with Crippen LogP contribution in [-0.4, -0.2) is 30.1 Å². The van der Waals surface area contributed by atoms with Gasteiger partial charge in [0.15, 0.2) is 6.29 Å². The highest BCUT2D eigenvalue weighted by molar-refractivity contribution is 5.90. The Kier molecular flexibility index (Phi) is 4.03. The molecular weight excluding hydrogens is 241 g/mol. The Balaban J connectivity index is 3.16. The molecule has 98 valence electrons. The number of esters is 1. The molecule has 0 bridgehead atoms. The van der Waals surface area contributed by atoms with Gasteiger partial charge in [-0.1, -0.05) is 6.92 Å². The van der Waals surface area contributed by atoms with Gasteiger partial charge >= 0.3 is 12.1 Å². The number of carbonyl (C=O) groups is 1. The van der Waals surface area contributed by atoms with E-state index in [-0.39, 0.29) is 13.0 Å². The Morgan fingerprint density at radius 2 is 2.18 bits per heavy atom. The summed E-state index contributed by atoms with van der Waals surface area (Å²) in [7, 11) is 0. The van der Waals surface area contributed by atoms with Gasteiger partial charge in [-0.3, -0.25) is 0 Å². The summed E-state index contributed by atoms with van der Waals surface area (Å²) in [5.41, 5.74) is -0.565. The molecule has 17 heavy (non-hydrogen) atoms. The maximum absolute atomic E-state index is 12.6. The maximum atomic E-state index is 12.6. The van der Waals surface area contributed by atoms with Crippen LogP contribution in [0, 0.1) is 5.92 Å². The number of ether oxygens (including phenoxy) is 2. The van der Waals surface area contributed by atoms with Crippen molar-refractivity contribution < 1.29 is 32.5 Å². The maximum Gasteiger partial charge on any atom is 0.449 e. The van der Waals surface area contributed by atoms with E-state index >= 15 is 0 Å². The van der Waals surface area contributed by atoms with Crippen molar-refractivity contribution in [2.75, 3.05) is 6.61 Å². The van der Waals surface area contributed by atoms with Crippen molar-refractivity contribution in [1.29, 1.82) is 0 Å². The van der Waals surface area contributed by atoms with Crippen molar-refractivity contribution in [2.45, 2.75) is 32.7 Å². The molecule has 0 aromatic carbocycles. The van der Waals surface area contributed by atoms with Crippen LogP contribution in [0.25, 0.3) is 0 Å². The van der Waals surface area contributed by atoms with Crippen molar-refractivity contribution >= 4 is 5.97 Å². The first-order valence-electron chi connectivity index (χ1n) is 5.10. The second kappa shape index (κ2) is 4.95. The normalized spacial score (nSPS) is 25.5. The molecule has 1 heterocycles. The van der Waals surface area contributed by atoms with Gasteiger partial charge in [-0.2, -0.15) is 13.2 Å². The lowest BCUT2D eigenvalue weighted by atomic mass is 9.93. The molecule has 0 aromatic heterocycles. The summed E-state index contributed by atoms with van der Waals surface area (Å²) >= 11 is 0. The third-order valence-electron chi connectivity index (χ3n) is 2.30. The summed E-state index contributed by atoms with van der Waals surface area (Å²) in [6.45, 7) is 2.88. The first-order valence-corrected chi connectivity index (χ1v) is 5.10. The summed E-state index contributed by atoms with van der Waals surface area (Å²) in [5, 5.41) is 9.13. The number of allylic oxidation sites excluding steroid dienone is 1. The summed E-state index contributed by atoms with van der Waals surface area (Å²) in [6.07, 6.45) is -6.45. The first kappa shape index (κ1) is 13.8. The van der Waals surface area contributed by atoms with E-state index in [1.807, 2.05) is 0 Å². The quantitative estimate of drug-likeness (QED) is 0.762. The third-order valence-corrected chi connectivity index (χ3v) is 2.30. The van der Waals surface area contributed by atoms with Crippen LogP contribution < -0.4 is 0 Å². The summed E-state index contributed by atoms with van der Waals surface area (Å²) < 4.78 is 46.8. The molecule has 0 amide bonds. The van der Waals surface area contributed by atoms with Gasteiger partial charge in [-0.05, 0) is 12.8 Å². The molecule has 0 spiro atoms. The lowest BCUT2D eigenvalue weighted by molar-refractivity contribution is -0.186. The minimum Gasteiger partial charge on any atom is -0.463 e. The van der Waals surface area contributed by atoms with Crippen molar-refractivity contribution in [3.8, 4) is 0 Å². The Hall–Kier alpha value is -1.24. The number of aliphatic hydroxyl groups excluding tert-OH is 1. The van der Waals surface area contributed by atoms with Gasteiger partial charge in [0, 0.05) is 6.42 Å². The molecule has 0 saturated heterocycles. The van der Waals surface area contributed by atoms with Gasteiger partial charge in [0.25, 0.3) is 0 Å². The second-order valence-corrected chi connectivity index (χ2v) is 3.67. The van der Waals surface area contributed by atoms with Gasteiger partial charge in [0.1, 0.15) is 0 Å². The van der Waals surface area contributed by atoms with Crippen LogP contribution in [-0.2, 0) is 14.3 Å². The lowest BCUT2D eigenvalue weighted by Gasteiger charge is -2.29. The zero-order valence-corrected chi connectivity index (χ0v) is 9.37. The van der Waals surface area contributed by atoms with Crippen LogP contribution in [0.4, 0.5) is 13.2 Å².